The van der Waals surface area contributed by atoms with Gasteiger partial charge in [-0.3, -0.25) is 0 Å². The van der Waals surface area contributed by atoms with Gasteiger partial charge in [-0.1, -0.05) is 37.2 Å². The number of hydrogen-bond donors (Lipinski definition) is 2. The molecule has 0 aliphatic rings. The Bertz CT molecular complexity index is 1290. The molecule has 2 aromatic carbocycles. The Morgan fingerprint density at radius 2 is 1.83 bits per heavy atom. The number of thioether (sulfide) groups is 1. The summed E-state index contributed by atoms with van der Waals surface area (Å²) in [6.45, 7) is 6.34. The molecule has 182 valence electrons. The van der Waals surface area contributed by atoms with E-state index >= 15 is 0 Å². The van der Waals surface area contributed by atoms with Crippen molar-refractivity contribution in [1.82, 2.24) is 20.4 Å². The summed E-state index contributed by atoms with van der Waals surface area (Å²) in [4.78, 5) is 10.1. The van der Waals surface area contributed by atoms with Crippen LogP contribution in [0.15, 0.2) is 64.1 Å². The zero-order chi connectivity index (χ0) is 24.9. The van der Waals surface area contributed by atoms with Gasteiger partial charge < -0.3 is 15.6 Å². The van der Waals surface area contributed by atoms with Gasteiger partial charge in [0, 0.05) is 40.4 Å². The molecule has 6 nitrogen and oxygen atoms in total. The van der Waals surface area contributed by atoms with Gasteiger partial charge in [0.2, 0.25) is 0 Å². The van der Waals surface area contributed by atoms with Crippen LogP contribution in [0.5, 0.6) is 0 Å². The van der Waals surface area contributed by atoms with Gasteiger partial charge in [-0.2, -0.15) is 0 Å². The van der Waals surface area contributed by atoms with Gasteiger partial charge in [-0.05, 0) is 36.8 Å². The Balaban J connectivity index is 1.55. The summed E-state index contributed by atoms with van der Waals surface area (Å²) >= 11 is 1.78. The van der Waals surface area contributed by atoms with Gasteiger partial charge in [-0.15, -0.1) is 11.8 Å². The summed E-state index contributed by atoms with van der Waals surface area (Å²) in [5, 5.41) is 7.45. The molecule has 3 N–H and O–H groups in total. The lowest BCUT2D eigenvalue weighted by molar-refractivity contribution is 0.344. The number of nitrogen functional groups attached to an aromatic ring is 1. The second kappa shape index (κ2) is 11.0. The first-order valence-corrected chi connectivity index (χ1v) is 12.2. The second-order valence-corrected chi connectivity index (χ2v) is 10.1. The van der Waals surface area contributed by atoms with Gasteiger partial charge in [-0.25, -0.2) is 18.7 Å². The lowest BCUT2D eigenvalue weighted by atomic mass is 10.1. The number of alkyl halides is 1. The average Bonchev–Trinajstić information content (AvgIpc) is 3.29. The molecule has 0 spiro atoms. The van der Waals surface area contributed by atoms with Gasteiger partial charge in [0.05, 0.1) is 11.9 Å². The van der Waals surface area contributed by atoms with E-state index in [-0.39, 0.29) is 17.9 Å². The average molecular weight is 496 g/mol. The van der Waals surface area contributed by atoms with Crippen LogP contribution in [0.4, 0.5) is 14.6 Å². The van der Waals surface area contributed by atoms with Crippen LogP contribution in [0, 0.1) is 5.82 Å². The highest BCUT2D eigenvalue weighted by Gasteiger charge is 2.17. The third-order valence-electron chi connectivity index (χ3n) is 5.13. The van der Waals surface area contributed by atoms with Crippen molar-refractivity contribution in [3.63, 3.8) is 0 Å². The lowest BCUT2D eigenvalue weighted by Gasteiger charge is -2.07. The van der Waals surface area contributed by atoms with Crippen LogP contribution >= 0.6 is 11.8 Å². The maximum absolute atomic E-state index is 14.8. The van der Waals surface area contributed by atoms with E-state index in [0.717, 1.165) is 5.56 Å². The molecule has 4 aromatic rings. The molecule has 0 fully saturated rings. The number of anilines is 1. The van der Waals surface area contributed by atoms with Crippen molar-refractivity contribution in [3.8, 4) is 34.0 Å². The maximum atomic E-state index is 14.8. The Labute approximate surface area is 207 Å². The quantitative estimate of drug-likeness (QED) is 0.270. The predicted molar refractivity (Wildman–Crippen MR) is 136 cm³/mol. The molecule has 0 saturated heterocycles. The lowest BCUT2D eigenvalue weighted by Crippen LogP contribution is -2.21. The summed E-state index contributed by atoms with van der Waals surface area (Å²) in [7, 11) is 0. The van der Waals surface area contributed by atoms with Crippen molar-refractivity contribution in [3.05, 3.63) is 66.1 Å². The van der Waals surface area contributed by atoms with Crippen LogP contribution < -0.4 is 11.1 Å². The van der Waals surface area contributed by atoms with E-state index in [9.17, 15) is 8.78 Å². The molecule has 0 bridgehead atoms. The standard InChI is InChI=1S/C26H27F2N5OS/c1-15(2)35-19-7-5-18(6-8-19)23-14-31-26(29)25(32-23)24-11-22(33-34-24)20-9-4-17(10-21(20)28)13-30-12-16(3)27/h4-11,14-16,30H,12-13H2,1-3H3,(H2,29,31). The summed E-state index contributed by atoms with van der Waals surface area (Å²) in [6.07, 6.45) is 0.640. The molecular formula is C26H27F2N5OS. The van der Waals surface area contributed by atoms with Crippen molar-refractivity contribution in [2.24, 2.45) is 0 Å². The molecule has 0 aliphatic carbocycles. The van der Waals surface area contributed by atoms with Gasteiger partial charge in [0.25, 0.3) is 0 Å². The first-order chi connectivity index (χ1) is 16.8. The fraction of sp³-hybridized carbons (Fsp3) is 0.269. The molecule has 2 aromatic heterocycles. The Morgan fingerprint density at radius 3 is 2.51 bits per heavy atom. The van der Waals surface area contributed by atoms with Crippen LogP contribution in [-0.2, 0) is 6.54 Å². The van der Waals surface area contributed by atoms with Crippen LogP contribution in [0.3, 0.4) is 0 Å². The number of nitrogens with zero attached hydrogens (tertiary/aromatic N) is 3. The molecule has 0 amide bonds. The molecular weight excluding hydrogens is 468 g/mol. The van der Waals surface area contributed by atoms with Gasteiger partial charge in [0.15, 0.2) is 17.3 Å². The Morgan fingerprint density at radius 1 is 1.06 bits per heavy atom. The molecule has 0 aliphatic heterocycles. The predicted octanol–water partition coefficient (Wildman–Crippen LogP) is 6.14. The van der Waals surface area contributed by atoms with E-state index in [4.69, 9.17) is 10.3 Å². The molecule has 4 rings (SSSR count). The summed E-state index contributed by atoms with van der Waals surface area (Å²) in [6, 6.07) is 14.4. The van der Waals surface area contributed by atoms with Crippen LogP contribution in [0.25, 0.3) is 34.0 Å². The number of rotatable bonds is 9. The molecule has 0 saturated carbocycles. The summed E-state index contributed by atoms with van der Waals surface area (Å²) in [5.74, 6) is 0.0259. The van der Waals surface area contributed by atoms with Crippen molar-refractivity contribution in [2.75, 3.05) is 12.3 Å². The van der Waals surface area contributed by atoms with E-state index in [0.29, 0.717) is 40.2 Å². The van der Waals surface area contributed by atoms with Crippen molar-refractivity contribution in [1.29, 1.82) is 0 Å². The zero-order valence-corrected chi connectivity index (χ0v) is 20.6. The van der Waals surface area contributed by atoms with Crippen molar-refractivity contribution in [2.45, 2.75) is 43.6 Å². The summed E-state index contributed by atoms with van der Waals surface area (Å²) in [5.41, 5.74) is 9.24. The highest BCUT2D eigenvalue weighted by Crippen LogP contribution is 2.31. The molecule has 1 atom stereocenters. The molecule has 35 heavy (non-hydrogen) atoms. The van der Waals surface area contributed by atoms with Gasteiger partial charge in [0.1, 0.15) is 17.7 Å². The van der Waals surface area contributed by atoms with Crippen LogP contribution in [0.1, 0.15) is 26.3 Å². The third kappa shape index (κ3) is 6.23. The number of nitrogens with one attached hydrogen (secondary N) is 1. The SMILES string of the molecule is CC(F)CNCc1ccc(-c2cc(-c3nc(-c4ccc(SC(C)C)cc4)cnc3N)on2)c(F)c1. The first kappa shape index (κ1) is 24.8. The Kier molecular flexibility index (Phi) is 7.77. The number of halogens is 2. The minimum Gasteiger partial charge on any atom is -0.382 e. The molecule has 1 unspecified atom stereocenters. The van der Waals surface area contributed by atoms with Gasteiger partial charge >= 0.3 is 0 Å². The van der Waals surface area contributed by atoms with E-state index in [2.05, 4.69) is 34.3 Å². The molecule has 0 radical (unpaired) electrons. The zero-order valence-electron chi connectivity index (χ0n) is 19.8. The van der Waals surface area contributed by atoms with E-state index < -0.39 is 12.0 Å². The third-order valence-corrected chi connectivity index (χ3v) is 6.15. The number of aromatic nitrogens is 3. The van der Waals surface area contributed by atoms with Crippen LogP contribution in [0.2, 0.25) is 0 Å². The highest BCUT2D eigenvalue weighted by atomic mass is 32.2. The fourth-order valence-electron chi connectivity index (χ4n) is 3.50. The number of hydrogen-bond acceptors (Lipinski definition) is 7. The number of benzene rings is 2. The largest absolute Gasteiger partial charge is 0.382 e. The maximum Gasteiger partial charge on any atom is 0.189 e. The smallest absolute Gasteiger partial charge is 0.189 e. The van der Waals surface area contributed by atoms with E-state index in [1.54, 1.807) is 36.2 Å². The second-order valence-electron chi connectivity index (χ2n) is 8.48. The normalized spacial score (nSPS) is 12.3. The number of nitrogens with two attached hydrogens (primary N) is 1. The fourth-order valence-corrected chi connectivity index (χ4v) is 4.34. The highest BCUT2D eigenvalue weighted by molar-refractivity contribution is 7.99. The topological polar surface area (TPSA) is 89.9 Å². The van der Waals surface area contributed by atoms with E-state index in [1.807, 2.05) is 24.3 Å². The van der Waals surface area contributed by atoms with E-state index in [1.165, 1.54) is 17.9 Å². The summed E-state index contributed by atoms with van der Waals surface area (Å²) < 4.78 is 33.2. The minimum absolute atomic E-state index is 0.187. The minimum atomic E-state index is -0.968. The Hall–Kier alpha value is -3.30. The first-order valence-electron chi connectivity index (χ1n) is 11.3. The molecule has 2 heterocycles. The van der Waals surface area contributed by atoms with Crippen molar-refractivity contribution < 1.29 is 13.3 Å². The van der Waals surface area contributed by atoms with Crippen molar-refractivity contribution >= 4 is 17.6 Å². The van der Waals surface area contributed by atoms with Crippen LogP contribution in [-0.4, -0.2) is 33.1 Å². The monoisotopic (exact) mass is 495 g/mol. The molecule has 9 heteroatoms.